The van der Waals surface area contributed by atoms with Crippen LogP contribution in [0.2, 0.25) is 0 Å². The van der Waals surface area contributed by atoms with Crippen LogP contribution in [0.25, 0.3) is 0 Å². The predicted molar refractivity (Wildman–Crippen MR) is 71.9 cm³/mol. The van der Waals surface area contributed by atoms with Gasteiger partial charge >= 0.3 is 5.97 Å². The van der Waals surface area contributed by atoms with E-state index in [1.165, 1.54) is 0 Å². The molecule has 0 amide bonds. The summed E-state index contributed by atoms with van der Waals surface area (Å²) >= 11 is 0. The zero-order chi connectivity index (χ0) is 13.5. The standard InChI is InChI=1S/C15H19NO3/c16-12-3-1-11(2-4-12)15(13(17)18)9-14(10-15)5-7-19-8-6-14/h1-4H,5-10,16H2,(H,17,18). The highest BCUT2D eigenvalue weighted by atomic mass is 16.5. The summed E-state index contributed by atoms with van der Waals surface area (Å²) in [5, 5.41) is 9.66. The maximum Gasteiger partial charge on any atom is 0.314 e. The zero-order valence-electron chi connectivity index (χ0n) is 10.9. The van der Waals surface area contributed by atoms with Crippen LogP contribution in [0, 0.1) is 5.41 Å². The number of rotatable bonds is 2. The van der Waals surface area contributed by atoms with Crippen molar-refractivity contribution in [2.45, 2.75) is 31.1 Å². The molecule has 1 aromatic rings. The second-order valence-corrected chi connectivity index (χ2v) is 5.98. The van der Waals surface area contributed by atoms with Crippen LogP contribution in [0.3, 0.4) is 0 Å². The van der Waals surface area contributed by atoms with E-state index in [1.807, 2.05) is 12.1 Å². The number of nitrogens with two attached hydrogens (primary N) is 1. The Labute approximate surface area is 112 Å². The molecule has 1 spiro atoms. The van der Waals surface area contributed by atoms with Gasteiger partial charge in [-0.3, -0.25) is 4.79 Å². The van der Waals surface area contributed by atoms with Crippen LogP contribution < -0.4 is 5.73 Å². The van der Waals surface area contributed by atoms with E-state index in [9.17, 15) is 9.90 Å². The second-order valence-electron chi connectivity index (χ2n) is 5.98. The number of benzene rings is 1. The Balaban J connectivity index is 1.87. The lowest BCUT2D eigenvalue weighted by atomic mass is 9.48. The van der Waals surface area contributed by atoms with E-state index in [2.05, 4.69) is 0 Å². The van der Waals surface area contributed by atoms with E-state index in [0.29, 0.717) is 5.69 Å². The average molecular weight is 261 g/mol. The Bertz CT molecular complexity index is 481. The lowest BCUT2D eigenvalue weighted by molar-refractivity contribution is -0.160. The van der Waals surface area contributed by atoms with E-state index in [4.69, 9.17) is 10.5 Å². The third-order valence-corrected chi connectivity index (χ3v) is 4.78. The molecule has 1 aliphatic heterocycles. The molecule has 1 saturated carbocycles. The minimum atomic E-state index is -0.717. The van der Waals surface area contributed by atoms with E-state index in [0.717, 1.165) is 44.5 Å². The van der Waals surface area contributed by atoms with Gasteiger partial charge in [0, 0.05) is 18.9 Å². The van der Waals surface area contributed by atoms with Crippen molar-refractivity contribution in [2.75, 3.05) is 18.9 Å². The summed E-state index contributed by atoms with van der Waals surface area (Å²) < 4.78 is 5.39. The van der Waals surface area contributed by atoms with Crippen molar-refractivity contribution in [1.29, 1.82) is 0 Å². The molecule has 0 unspecified atom stereocenters. The maximum atomic E-state index is 11.8. The molecule has 1 heterocycles. The van der Waals surface area contributed by atoms with Gasteiger partial charge in [0.25, 0.3) is 0 Å². The van der Waals surface area contributed by atoms with E-state index in [-0.39, 0.29) is 5.41 Å². The Morgan fingerprint density at radius 3 is 2.26 bits per heavy atom. The minimum absolute atomic E-state index is 0.179. The molecule has 1 aromatic carbocycles. The van der Waals surface area contributed by atoms with Crippen LogP contribution in [0.5, 0.6) is 0 Å². The fourth-order valence-electron chi connectivity index (χ4n) is 3.67. The van der Waals surface area contributed by atoms with Gasteiger partial charge in [-0.1, -0.05) is 12.1 Å². The number of carboxylic acids is 1. The number of hydrogen-bond donors (Lipinski definition) is 2. The molecule has 0 aromatic heterocycles. The van der Waals surface area contributed by atoms with Crippen LogP contribution in [0.4, 0.5) is 5.69 Å². The smallest absolute Gasteiger partial charge is 0.314 e. The first-order chi connectivity index (χ1) is 9.06. The fourth-order valence-corrected chi connectivity index (χ4v) is 3.67. The van der Waals surface area contributed by atoms with Crippen molar-refractivity contribution in [2.24, 2.45) is 5.41 Å². The molecule has 3 rings (SSSR count). The maximum absolute atomic E-state index is 11.8. The van der Waals surface area contributed by atoms with E-state index >= 15 is 0 Å². The van der Waals surface area contributed by atoms with Crippen LogP contribution in [0.15, 0.2) is 24.3 Å². The average Bonchev–Trinajstić information content (AvgIpc) is 2.37. The topological polar surface area (TPSA) is 72.6 Å². The first-order valence-corrected chi connectivity index (χ1v) is 6.74. The Kier molecular flexibility index (Phi) is 2.78. The van der Waals surface area contributed by atoms with Crippen molar-refractivity contribution < 1.29 is 14.6 Å². The summed E-state index contributed by atoms with van der Waals surface area (Å²) in [4.78, 5) is 11.8. The van der Waals surface area contributed by atoms with E-state index < -0.39 is 11.4 Å². The van der Waals surface area contributed by atoms with Crippen LogP contribution >= 0.6 is 0 Å². The summed E-state index contributed by atoms with van der Waals surface area (Å²) in [5.41, 5.74) is 6.69. The monoisotopic (exact) mass is 261 g/mol. The molecule has 3 N–H and O–H groups in total. The molecule has 102 valence electrons. The second kappa shape index (κ2) is 4.23. The lowest BCUT2D eigenvalue weighted by Gasteiger charge is -2.56. The van der Waals surface area contributed by atoms with Crippen molar-refractivity contribution in [3.05, 3.63) is 29.8 Å². The van der Waals surface area contributed by atoms with Gasteiger partial charge in [0.05, 0.1) is 5.41 Å². The molecule has 2 fully saturated rings. The highest BCUT2D eigenvalue weighted by molar-refractivity contribution is 5.83. The van der Waals surface area contributed by atoms with Gasteiger partial charge < -0.3 is 15.6 Å². The number of anilines is 1. The van der Waals surface area contributed by atoms with Gasteiger partial charge in [0.2, 0.25) is 0 Å². The SMILES string of the molecule is Nc1ccc(C2(C(=O)O)CC3(CCOCC3)C2)cc1. The lowest BCUT2D eigenvalue weighted by Crippen LogP contribution is -2.56. The Hall–Kier alpha value is -1.55. The highest BCUT2D eigenvalue weighted by Crippen LogP contribution is 2.60. The fraction of sp³-hybridized carbons (Fsp3) is 0.533. The van der Waals surface area contributed by atoms with Gasteiger partial charge in [-0.05, 0) is 48.8 Å². The zero-order valence-corrected chi connectivity index (χ0v) is 10.9. The van der Waals surface area contributed by atoms with Crippen LogP contribution in [-0.2, 0) is 14.9 Å². The number of aliphatic carboxylic acids is 1. The quantitative estimate of drug-likeness (QED) is 0.800. The van der Waals surface area contributed by atoms with Gasteiger partial charge in [-0.15, -0.1) is 0 Å². The Morgan fingerprint density at radius 2 is 1.74 bits per heavy atom. The molecule has 0 bridgehead atoms. The predicted octanol–water partition coefficient (Wildman–Crippen LogP) is 2.18. The molecule has 2 aliphatic rings. The summed E-state index contributed by atoms with van der Waals surface area (Å²) in [6, 6.07) is 7.29. The number of hydrogen-bond acceptors (Lipinski definition) is 3. The van der Waals surface area contributed by atoms with Gasteiger partial charge in [-0.2, -0.15) is 0 Å². The summed E-state index contributed by atoms with van der Waals surface area (Å²) in [7, 11) is 0. The van der Waals surface area contributed by atoms with Gasteiger partial charge in [0.1, 0.15) is 0 Å². The number of ether oxygens (including phenoxy) is 1. The molecule has 0 radical (unpaired) electrons. The first-order valence-electron chi connectivity index (χ1n) is 6.74. The Morgan fingerprint density at radius 1 is 1.16 bits per heavy atom. The third-order valence-electron chi connectivity index (χ3n) is 4.78. The first kappa shape index (κ1) is 12.5. The summed E-state index contributed by atoms with van der Waals surface area (Å²) in [6.07, 6.45) is 3.42. The highest BCUT2D eigenvalue weighted by Gasteiger charge is 2.59. The van der Waals surface area contributed by atoms with Gasteiger partial charge in [-0.25, -0.2) is 0 Å². The van der Waals surface area contributed by atoms with Crippen LogP contribution in [-0.4, -0.2) is 24.3 Å². The van der Waals surface area contributed by atoms with Crippen molar-refractivity contribution >= 4 is 11.7 Å². The third kappa shape index (κ3) is 1.91. The van der Waals surface area contributed by atoms with Crippen molar-refractivity contribution in [1.82, 2.24) is 0 Å². The summed E-state index contributed by atoms with van der Waals surface area (Å²) in [5.74, 6) is -0.714. The molecule has 0 atom stereocenters. The number of carbonyl (C=O) groups is 1. The number of carboxylic acid groups (broad SMARTS) is 1. The molecular formula is C15H19NO3. The van der Waals surface area contributed by atoms with Crippen molar-refractivity contribution in [3.8, 4) is 0 Å². The van der Waals surface area contributed by atoms with E-state index in [1.54, 1.807) is 12.1 Å². The summed E-state index contributed by atoms with van der Waals surface area (Å²) in [6.45, 7) is 1.52. The van der Waals surface area contributed by atoms with Gasteiger partial charge in [0.15, 0.2) is 0 Å². The molecule has 19 heavy (non-hydrogen) atoms. The minimum Gasteiger partial charge on any atom is -0.481 e. The molecule has 4 nitrogen and oxygen atoms in total. The van der Waals surface area contributed by atoms with Crippen LogP contribution in [0.1, 0.15) is 31.2 Å². The molecule has 1 aliphatic carbocycles. The molecular weight excluding hydrogens is 242 g/mol. The normalized spacial score (nSPS) is 23.8. The van der Waals surface area contributed by atoms with Crippen molar-refractivity contribution in [3.63, 3.8) is 0 Å². The molecule has 1 saturated heterocycles. The molecule has 4 heteroatoms. The largest absolute Gasteiger partial charge is 0.481 e. The number of nitrogen functional groups attached to an aromatic ring is 1.